The number of nitrogens with two attached hydrogens (primary N) is 1. The standard InChI is InChI=1S/C11H17N5S/c1-3-16(2)6-5-13-9-8-4-7-17-10(8)15-11(12)14-9/h4,7H,3,5-6H2,1-2H3,(H3,12,13,14,15). The van der Waals surface area contributed by atoms with E-state index in [0.29, 0.717) is 5.95 Å². The van der Waals surface area contributed by atoms with E-state index in [9.17, 15) is 0 Å². The summed E-state index contributed by atoms with van der Waals surface area (Å²) >= 11 is 1.58. The zero-order valence-electron chi connectivity index (χ0n) is 10.1. The van der Waals surface area contributed by atoms with Crippen molar-refractivity contribution in [1.82, 2.24) is 14.9 Å². The van der Waals surface area contributed by atoms with Crippen LogP contribution < -0.4 is 11.1 Å². The fraction of sp³-hybridized carbons (Fsp3) is 0.455. The summed E-state index contributed by atoms with van der Waals surface area (Å²) in [5, 5.41) is 6.36. The van der Waals surface area contributed by atoms with Crippen LogP contribution in [0.1, 0.15) is 6.92 Å². The molecule has 0 aromatic carbocycles. The van der Waals surface area contributed by atoms with Gasteiger partial charge in [-0.3, -0.25) is 0 Å². The third kappa shape index (κ3) is 2.83. The normalized spacial score (nSPS) is 11.2. The zero-order chi connectivity index (χ0) is 12.3. The highest BCUT2D eigenvalue weighted by Crippen LogP contribution is 2.25. The van der Waals surface area contributed by atoms with Crippen LogP contribution in [-0.4, -0.2) is 41.5 Å². The second-order valence-electron chi connectivity index (χ2n) is 3.89. The molecule has 0 aliphatic heterocycles. The third-order valence-electron chi connectivity index (χ3n) is 2.67. The van der Waals surface area contributed by atoms with Gasteiger partial charge < -0.3 is 16.0 Å². The predicted octanol–water partition coefficient (Wildman–Crippen LogP) is 1.64. The fourth-order valence-corrected chi connectivity index (χ4v) is 2.30. The molecule has 0 fully saturated rings. The lowest BCUT2D eigenvalue weighted by Gasteiger charge is -2.14. The smallest absolute Gasteiger partial charge is 0.223 e. The number of rotatable bonds is 5. The van der Waals surface area contributed by atoms with Gasteiger partial charge in [0.05, 0.1) is 5.39 Å². The Morgan fingerprint density at radius 2 is 2.29 bits per heavy atom. The summed E-state index contributed by atoms with van der Waals surface area (Å²) in [6.07, 6.45) is 0. The number of thiophene rings is 1. The van der Waals surface area contributed by atoms with Crippen molar-refractivity contribution in [2.24, 2.45) is 0 Å². The Morgan fingerprint density at radius 1 is 1.47 bits per heavy atom. The average Bonchev–Trinajstić information content (AvgIpc) is 2.76. The van der Waals surface area contributed by atoms with E-state index in [0.717, 1.165) is 35.7 Å². The molecule has 0 unspecified atom stereocenters. The maximum atomic E-state index is 5.68. The number of nitrogen functional groups attached to an aromatic ring is 1. The molecule has 5 nitrogen and oxygen atoms in total. The minimum Gasteiger partial charge on any atom is -0.368 e. The number of aromatic nitrogens is 2. The first kappa shape index (κ1) is 12.1. The second kappa shape index (κ2) is 5.29. The van der Waals surface area contributed by atoms with Gasteiger partial charge in [0, 0.05) is 13.1 Å². The largest absolute Gasteiger partial charge is 0.368 e. The van der Waals surface area contributed by atoms with E-state index in [-0.39, 0.29) is 0 Å². The third-order valence-corrected chi connectivity index (χ3v) is 3.47. The molecule has 0 bridgehead atoms. The Hall–Kier alpha value is -1.40. The molecule has 0 atom stereocenters. The Morgan fingerprint density at radius 3 is 3.06 bits per heavy atom. The van der Waals surface area contributed by atoms with E-state index in [2.05, 4.69) is 34.2 Å². The molecule has 3 N–H and O–H groups in total. The van der Waals surface area contributed by atoms with E-state index in [4.69, 9.17) is 5.73 Å². The molecule has 2 aromatic rings. The number of nitrogens with zero attached hydrogens (tertiary/aromatic N) is 3. The van der Waals surface area contributed by atoms with Crippen LogP contribution in [0.4, 0.5) is 11.8 Å². The molecule has 0 aliphatic rings. The minimum atomic E-state index is 0.325. The van der Waals surface area contributed by atoms with Gasteiger partial charge in [-0.25, -0.2) is 4.98 Å². The number of likely N-dealkylation sites (N-methyl/N-ethyl adjacent to an activating group) is 1. The molecule has 2 aromatic heterocycles. The van der Waals surface area contributed by atoms with Crippen LogP contribution in [0.15, 0.2) is 11.4 Å². The topological polar surface area (TPSA) is 67.1 Å². The van der Waals surface area contributed by atoms with Crippen LogP contribution in [0.25, 0.3) is 10.2 Å². The molecule has 0 aliphatic carbocycles. The van der Waals surface area contributed by atoms with Crippen molar-refractivity contribution in [2.45, 2.75) is 6.92 Å². The average molecular weight is 251 g/mol. The van der Waals surface area contributed by atoms with Gasteiger partial charge in [-0.1, -0.05) is 6.92 Å². The highest BCUT2D eigenvalue weighted by Gasteiger charge is 2.06. The summed E-state index contributed by atoms with van der Waals surface area (Å²) in [4.78, 5) is 11.6. The van der Waals surface area contributed by atoms with Crippen LogP contribution in [0, 0.1) is 0 Å². The minimum absolute atomic E-state index is 0.325. The number of nitrogens with one attached hydrogen (secondary N) is 1. The van der Waals surface area contributed by atoms with Crippen molar-refractivity contribution >= 4 is 33.3 Å². The highest BCUT2D eigenvalue weighted by atomic mass is 32.1. The summed E-state index contributed by atoms with van der Waals surface area (Å²) in [6.45, 7) is 5.01. The van der Waals surface area contributed by atoms with Gasteiger partial charge in [0.1, 0.15) is 10.6 Å². The van der Waals surface area contributed by atoms with Gasteiger partial charge in [0.15, 0.2) is 0 Å². The van der Waals surface area contributed by atoms with E-state index >= 15 is 0 Å². The predicted molar refractivity (Wildman–Crippen MR) is 73.5 cm³/mol. The van der Waals surface area contributed by atoms with Gasteiger partial charge in [-0.05, 0) is 25.0 Å². The maximum absolute atomic E-state index is 5.68. The maximum Gasteiger partial charge on any atom is 0.223 e. The van der Waals surface area contributed by atoms with Crippen molar-refractivity contribution in [3.8, 4) is 0 Å². The van der Waals surface area contributed by atoms with Crippen molar-refractivity contribution in [3.63, 3.8) is 0 Å². The van der Waals surface area contributed by atoms with Crippen LogP contribution in [0.3, 0.4) is 0 Å². The summed E-state index contributed by atoms with van der Waals surface area (Å²) in [7, 11) is 2.09. The molecule has 0 saturated carbocycles. The molecule has 2 heterocycles. The van der Waals surface area contributed by atoms with Crippen molar-refractivity contribution in [1.29, 1.82) is 0 Å². The van der Waals surface area contributed by atoms with Gasteiger partial charge in [-0.15, -0.1) is 11.3 Å². The Kier molecular flexibility index (Phi) is 3.75. The Bertz CT molecular complexity index is 496. The van der Waals surface area contributed by atoms with Crippen molar-refractivity contribution in [3.05, 3.63) is 11.4 Å². The van der Waals surface area contributed by atoms with Crippen LogP contribution in [0.2, 0.25) is 0 Å². The van der Waals surface area contributed by atoms with Crippen molar-refractivity contribution in [2.75, 3.05) is 37.7 Å². The molecule has 0 spiro atoms. The van der Waals surface area contributed by atoms with Gasteiger partial charge in [0.25, 0.3) is 0 Å². The molecule has 0 saturated heterocycles. The first-order valence-corrected chi connectivity index (χ1v) is 6.51. The van der Waals surface area contributed by atoms with Gasteiger partial charge in [-0.2, -0.15) is 4.98 Å². The Labute approximate surface area is 105 Å². The first-order chi connectivity index (χ1) is 8.20. The summed E-state index contributed by atoms with van der Waals surface area (Å²) < 4.78 is 0. The summed E-state index contributed by atoms with van der Waals surface area (Å²) in [5.74, 6) is 1.16. The second-order valence-corrected chi connectivity index (χ2v) is 4.79. The monoisotopic (exact) mass is 251 g/mol. The van der Waals surface area contributed by atoms with E-state index in [1.54, 1.807) is 11.3 Å². The lowest BCUT2D eigenvalue weighted by atomic mass is 10.3. The van der Waals surface area contributed by atoms with E-state index < -0.39 is 0 Å². The number of hydrogen-bond acceptors (Lipinski definition) is 6. The number of fused-ring (bicyclic) bond motifs is 1. The number of hydrogen-bond donors (Lipinski definition) is 2. The lowest BCUT2D eigenvalue weighted by molar-refractivity contribution is 0.367. The fourth-order valence-electron chi connectivity index (χ4n) is 1.53. The molecule has 92 valence electrons. The van der Waals surface area contributed by atoms with Crippen LogP contribution in [-0.2, 0) is 0 Å². The molecule has 17 heavy (non-hydrogen) atoms. The van der Waals surface area contributed by atoms with E-state index in [1.165, 1.54) is 0 Å². The molecule has 2 rings (SSSR count). The van der Waals surface area contributed by atoms with E-state index in [1.807, 2.05) is 11.4 Å². The Balaban J connectivity index is 2.09. The summed E-state index contributed by atoms with van der Waals surface area (Å²) in [5.41, 5.74) is 5.68. The molecule has 0 radical (unpaired) electrons. The van der Waals surface area contributed by atoms with Gasteiger partial charge in [0.2, 0.25) is 5.95 Å². The van der Waals surface area contributed by atoms with Crippen LogP contribution in [0.5, 0.6) is 0 Å². The number of anilines is 2. The lowest BCUT2D eigenvalue weighted by Crippen LogP contribution is -2.25. The summed E-state index contributed by atoms with van der Waals surface area (Å²) in [6, 6.07) is 2.02. The molecule has 6 heteroatoms. The molecular weight excluding hydrogens is 234 g/mol. The highest BCUT2D eigenvalue weighted by molar-refractivity contribution is 7.16. The first-order valence-electron chi connectivity index (χ1n) is 5.64. The van der Waals surface area contributed by atoms with Crippen molar-refractivity contribution < 1.29 is 0 Å². The SMILES string of the molecule is CCN(C)CCNc1nc(N)nc2sccc12. The van der Waals surface area contributed by atoms with Gasteiger partial charge >= 0.3 is 0 Å². The quantitative estimate of drug-likeness (QED) is 0.845. The zero-order valence-corrected chi connectivity index (χ0v) is 10.9. The molecular formula is C11H17N5S. The molecule has 0 amide bonds. The van der Waals surface area contributed by atoms with Crippen LogP contribution >= 0.6 is 11.3 Å².